The predicted octanol–water partition coefficient (Wildman–Crippen LogP) is 1.45. The summed E-state index contributed by atoms with van der Waals surface area (Å²) in [5.74, 6) is 0.843. The van der Waals surface area contributed by atoms with Crippen LogP contribution in [0.3, 0.4) is 0 Å². The highest BCUT2D eigenvalue weighted by Gasteiger charge is 2.04. The summed E-state index contributed by atoms with van der Waals surface area (Å²) in [6, 6.07) is 6.62. The molecule has 0 amide bonds. The number of ether oxygens (including phenoxy) is 1. The number of aromatic amines is 1. The van der Waals surface area contributed by atoms with E-state index in [0.29, 0.717) is 11.4 Å². The molecule has 0 fully saturated rings. The number of benzene rings is 1. The van der Waals surface area contributed by atoms with Gasteiger partial charge in [-0.05, 0) is 19.1 Å². The largest absolute Gasteiger partial charge is 0.438 e. The second kappa shape index (κ2) is 4.06. The van der Waals surface area contributed by atoms with E-state index in [-0.39, 0.29) is 11.4 Å². The Morgan fingerprint density at radius 3 is 3.00 bits per heavy atom. The smallest absolute Gasteiger partial charge is 0.254 e. The molecule has 0 aliphatic heterocycles. The molecule has 0 saturated carbocycles. The number of nitrogens with zero attached hydrogens (tertiary/aromatic N) is 1. The normalized spacial score (nSPS) is 10.1. The van der Waals surface area contributed by atoms with Crippen LogP contribution < -0.4 is 16.0 Å². The van der Waals surface area contributed by atoms with Gasteiger partial charge in [0.1, 0.15) is 5.75 Å². The number of nitrogens with one attached hydrogen (secondary N) is 1. The lowest BCUT2D eigenvalue weighted by Crippen LogP contribution is -2.05. The summed E-state index contributed by atoms with van der Waals surface area (Å²) in [6.07, 6.45) is 1.29. The molecule has 1 heterocycles. The van der Waals surface area contributed by atoms with E-state index in [1.165, 1.54) is 12.4 Å². The van der Waals surface area contributed by atoms with Gasteiger partial charge in [-0.15, -0.1) is 0 Å². The number of nitrogen functional groups attached to an aromatic ring is 1. The Hall–Kier alpha value is -2.30. The Bertz CT molecular complexity index is 563. The molecule has 3 N–H and O–H groups in total. The standard InChI is InChI=1S/C11H11N3O2/c1-7-8(12)3-2-4-9(7)16-11-5-10(15)13-6-14-11/h2-6H,12H2,1H3,(H,13,14,15). The van der Waals surface area contributed by atoms with Crippen molar-refractivity contribution in [2.45, 2.75) is 6.92 Å². The number of hydrogen-bond donors (Lipinski definition) is 2. The van der Waals surface area contributed by atoms with Gasteiger partial charge in [-0.25, -0.2) is 4.98 Å². The second-order valence-electron chi connectivity index (χ2n) is 3.32. The van der Waals surface area contributed by atoms with E-state index in [1.54, 1.807) is 18.2 Å². The molecule has 0 spiro atoms. The van der Waals surface area contributed by atoms with Crippen LogP contribution in [0.25, 0.3) is 0 Å². The van der Waals surface area contributed by atoms with E-state index in [4.69, 9.17) is 10.5 Å². The van der Waals surface area contributed by atoms with Crippen molar-refractivity contribution in [1.29, 1.82) is 0 Å². The zero-order valence-corrected chi connectivity index (χ0v) is 8.73. The second-order valence-corrected chi connectivity index (χ2v) is 3.32. The summed E-state index contributed by atoms with van der Waals surface area (Å²) in [6.45, 7) is 1.85. The topological polar surface area (TPSA) is 81.0 Å². The molecule has 0 aliphatic carbocycles. The van der Waals surface area contributed by atoms with Crippen LogP contribution >= 0.6 is 0 Å². The molecule has 82 valence electrons. The van der Waals surface area contributed by atoms with Crippen molar-refractivity contribution in [2.24, 2.45) is 0 Å². The van der Waals surface area contributed by atoms with E-state index >= 15 is 0 Å². The third-order valence-corrected chi connectivity index (χ3v) is 2.19. The highest BCUT2D eigenvalue weighted by atomic mass is 16.5. The van der Waals surface area contributed by atoms with Crippen molar-refractivity contribution in [1.82, 2.24) is 9.97 Å². The average Bonchev–Trinajstić information content (AvgIpc) is 2.25. The maximum atomic E-state index is 11.0. The van der Waals surface area contributed by atoms with E-state index in [9.17, 15) is 4.79 Å². The first-order chi connectivity index (χ1) is 7.66. The van der Waals surface area contributed by atoms with Gasteiger partial charge in [0.05, 0.1) is 12.4 Å². The molecule has 16 heavy (non-hydrogen) atoms. The maximum Gasteiger partial charge on any atom is 0.254 e. The Kier molecular flexibility index (Phi) is 2.59. The molecule has 0 atom stereocenters. The molecular formula is C11H11N3O2. The van der Waals surface area contributed by atoms with Gasteiger partial charge in [0.15, 0.2) is 0 Å². The van der Waals surface area contributed by atoms with Gasteiger partial charge < -0.3 is 15.5 Å². The van der Waals surface area contributed by atoms with Gasteiger partial charge in [0.2, 0.25) is 5.88 Å². The molecule has 1 aromatic carbocycles. The summed E-state index contributed by atoms with van der Waals surface area (Å²) in [4.78, 5) is 17.3. The molecule has 2 aromatic rings. The lowest BCUT2D eigenvalue weighted by Gasteiger charge is -2.08. The quantitative estimate of drug-likeness (QED) is 0.746. The molecule has 5 nitrogen and oxygen atoms in total. The summed E-state index contributed by atoms with van der Waals surface area (Å²) in [5, 5.41) is 0. The zero-order valence-electron chi connectivity index (χ0n) is 8.73. The molecule has 2 rings (SSSR count). The Morgan fingerprint density at radius 1 is 1.44 bits per heavy atom. The van der Waals surface area contributed by atoms with Crippen LogP contribution in [0.5, 0.6) is 11.6 Å². The number of rotatable bonds is 2. The minimum absolute atomic E-state index is 0.248. The Balaban J connectivity index is 2.34. The van der Waals surface area contributed by atoms with Crippen LogP contribution in [0.15, 0.2) is 35.4 Å². The van der Waals surface area contributed by atoms with Crippen molar-refractivity contribution in [2.75, 3.05) is 5.73 Å². The summed E-state index contributed by atoms with van der Waals surface area (Å²) in [5.41, 5.74) is 6.94. The number of H-pyrrole nitrogens is 1. The van der Waals surface area contributed by atoms with Gasteiger partial charge in [-0.2, -0.15) is 0 Å². The SMILES string of the molecule is Cc1c(N)cccc1Oc1cc(=O)[nH]cn1. The lowest BCUT2D eigenvalue weighted by molar-refractivity contribution is 0.457. The highest BCUT2D eigenvalue weighted by Crippen LogP contribution is 2.26. The van der Waals surface area contributed by atoms with Crippen LogP contribution in [0, 0.1) is 6.92 Å². The van der Waals surface area contributed by atoms with E-state index in [0.717, 1.165) is 5.56 Å². The van der Waals surface area contributed by atoms with Crippen LogP contribution in [0.4, 0.5) is 5.69 Å². The number of hydrogen-bond acceptors (Lipinski definition) is 4. The van der Waals surface area contributed by atoms with Crippen molar-refractivity contribution >= 4 is 5.69 Å². The molecular weight excluding hydrogens is 206 g/mol. The van der Waals surface area contributed by atoms with Gasteiger partial charge in [0.25, 0.3) is 5.56 Å². The van der Waals surface area contributed by atoms with Crippen LogP contribution in [-0.2, 0) is 0 Å². The Morgan fingerprint density at radius 2 is 2.25 bits per heavy atom. The lowest BCUT2D eigenvalue weighted by atomic mass is 10.2. The van der Waals surface area contributed by atoms with Crippen molar-refractivity contribution in [3.8, 4) is 11.6 Å². The minimum Gasteiger partial charge on any atom is -0.438 e. The molecule has 5 heteroatoms. The minimum atomic E-state index is -0.258. The number of nitrogens with two attached hydrogens (primary N) is 1. The summed E-state index contributed by atoms with van der Waals surface area (Å²) < 4.78 is 5.46. The fourth-order valence-corrected chi connectivity index (χ4v) is 1.26. The van der Waals surface area contributed by atoms with Crippen molar-refractivity contribution in [3.05, 3.63) is 46.5 Å². The molecule has 0 unspecified atom stereocenters. The van der Waals surface area contributed by atoms with Crippen molar-refractivity contribution < 1.29 is 4.74 Å². The third-order valence-electron chi connectivity index (χ3n) is 2.19. The monoisotopic (exact) mass is 217 g/mol. The van der Waals surface area contributed by atoms with Gasteiger partial charge in [-0.1, -0.05) is 6.07 Å². The molecule has 0 radical (unpaired) electrons. The molecule has 0 aliphatic rings. The predicted molar refractivity (Wildman–Crippen MR) is 60.5 cm³/mol. The highest BCUT2D eigenvalue weighted by molar-refractivity contribution is 5.53. The Labute approximate surface area is 91.9 Å². The van der Waals surface area contributed by atoms with E-state index < -0.39 is 0 Å². The van der Waals surface area contributed by atoms with Crippen LogP contribution in [0.2, 0.25) is 0 Å². The maximum absolute atomic E-state index is 11.0. The zero-order chi connectivity index (χ0) is 11.5. The average molecular weight is 217 g/mol. The third kappa shape index (κ3) is 2.03. The molecule has 0 bridgehead atoms. The first-order valence-electron chi connectivity index (χ1n) is 4.74. The number of anilines is 1. The molecule has 0 saturated heterocycles. The summed E-state index contributed by atoms with van der Waals surface area (Å²) >= 11 is 0. The van der Waals surface area contributed by atoms with Crippen molar-refractivity contribution in [3.63, 3.8) is 0 Å². The molecule has 1 aromatic heterocycles. The van der Waals surface area contributed by atoms with Gasteiger partial charge >= 0.3 is 0 Å². The fraction of sp³-hybridized carbons (Fsp3) is 0.0909. The first-order valence-corrected chi connectivity index (χ1v) is 4.74. The number of aromatic nitrogens is 2. The van der Waals surface area contributed by atoms with Crippen LogP contribution in [-0.4, -0.2) is 9.97 Å². The van der Waals surface area contributed by atoms with Crippen LogP contribution in [0.1, 0.15) is 5.56 Å². The van der Waals surface area contributed by atoms with Gasteiger partial charge in [-0.3, -0.25) is 4.79 Å². The van der Waals surface area contributed by atoms with Gasteiger partial charge in [0, 0.05) is 11.3 Å². The fourth-order valence-electron chi connectivity index (χ4n) is 1.26. The van der Waals surface area contributed by atoms with E-state index in [2.05, 4.69) is 9.97 Å². The van der Waals surface area contributed by atoms with E-state index in [1.807, 2.05) is 6.92 Å². The first kappa shape index (κ1) is 10.2. The summed E-state index contributed by atoms with van der Waals surface area (Å²) in [7, 11) is 0.